The molecule has 2 unspecified atom stereocenters. The maximum Gasteiger partial charge on any atom is 0.191 e. The number of guanidine groups is 1. The van der Waals surface area contributed by atoms with Crippen molar-refractivity contribution < 1.29 is 19.0 Å². The van der Waals surface area contributed by atoms with Crippen molar-refractivity contribution in [2.45, 2.75) is 26.0 Å². The van der Waals surface area contributed by atoms with E-state index in [0.29, 0.717) is 12.5 Å². The molecule has 0 aromatic heterocycles. The molecule has 6 nitrogen and oxygen atoms in total. The van der Waals surface area contributed by atoms with Crippen molar-refractivity contribution in [2.24, 2.45) is 4.99 Å². The second kappa shape index (κ2) is 10.5. The molecule has 7 heteroatoms. The molecular weight excluding hydrogens is 361 g/mol. The monoisotopic (exact) mass is 389 g/mol. The number of hydrogen-bond acceptors (Lipinski definition) is 4. The zero-order valence-electron chi connectivity index (χ0n) is 16.7. The number of halogens is 1. The molecule has 2 aromatic rings. The van der Waals surface area contributed by atoms with Crippen molar-refractivity contribution in [1.82, 2.24) is 10.6 Å². The summed E-state index contributed by atoms with van der Waals surface area (Å²) in [5, 5.41) is 16.7. The van der Waals surface area contributed by atoms with Crippen molar-refractivity contribution >= 4 is 5.96 Å². The molecule has 0 heterocycles. The Morgan fingerprint density at radius 1 is 1.14 bits per heavy atom. The summed E-state index contributed by atoms with van der Waals surface area (Å²) in [4.78, 5) is 4.40. The van der Waals surface area contributed by atoms with Crippen LogP contribution in [0.25, 0.3) is 0 Å². The van der Waals surface area contributed by atoms with Crippen LogP contribution < -0.4 is 20.1 Å². The van der Waals surface area contributed by atoms with E-state index in [0.717, 1.165) is 17.1 Å². The van der Waals surface area contributed by atoms with Crippen LogP contribution in [0.5, 0.6) is 11.5 Å². The minimum atomic E-state index is -1.03. The smallest absolute Gasteiger partial charge is 0.191 e. The largest absolute Gasteiger partial charge is 0.497 e. The van der Waals surface area contributed by atoms with Crippen molar-refractivity contribution in [1.29, 1.82) is 0 Å². The van der Waals surface area contributed by atoms with Gasteiger partial charge in [-0.15, -0.1) is 0 Å². The number of methoxy groups -OCH3 is 2. The van der Waals surface area contributed by atoms with Gasteiger partial charge in [0.05, 0.1) is 26.8 Å². The fourth-order valence-electron chi connectivity index (χ4n) is 2.80. The van der Waals surface area contributed by atoms with Crippen molar-refractivity contribution in [3.05, 3.63) is 59.4 Å². The highest BCUT2D eigenvalue weighted by Crippen LogP contribution is 2.29. The van der Waals surface area contributed by atoms with Gasteiger partial charge in [-0.25, -0.2) is 4.39 Å². The third kappa shape index (κ3) is 5.60. The molecule has 0 fully saturated rings. The standard InChI is InChI=1S/C21H28FN3O3/c1-5-23-21(24-13-19(26)16-8-6-7-9-18(16)22)25-14(2)17-12-15(27-3)10-11-20(17)28-4/h6-12,14,19,26H,5,13H2,1-4H3,(H2,23,24,25). The van der Waals surface area contributed by atoms with Crippen LogP contribution >= 0.6 is 0 Å². The highest BCUT2D eigenvalue weighted by Gasteiger charge is 2.16. The molecule has 3 N–H and O–H groups in total. The average molecular weight is 389 g/mol. The van der Waals surface area contributed by atoms with Gasteiger partial charge < -0.3 is 25.2 Å². The Labute approximate surface area is 165 Å². The molecule has 0 amide bonds. The second-order valence-corrected chi connectivity index (χ2v) is 6.23. The van der Waals surface area contributed by atoms with Gasteiger partial charge in [-0.3, -0.25) is 4.99 Å². The summed E-state index contributed by atoms with van der Waals surface area (Å²) in [6.07, 6.45) is -1.03. The first kappa shape index (κ1) is 21.5. The third-order valence-electron chi connectivity index (χ3n) is 4.29. The molecule has 0 spiro atoms. The van der Waals surface area contributed by atoms with E-state index in [2.05, 4.69) is 15.6 Å². The number of hydrogen-bond donors (Lipinski definition) is 3. The second-order valence-electron chi connectivity index (χ2n) is 6.23. The highest BCUT2D eigenvalue weighted by atomic mass is 19.1. The summed E-state index contributed by atoms with van der Waals surface area (Å²) in [5.41, 5.74) is 1.13. The number of aliphatic imine (C=N–C) groups is 1. The fraction of sp³-hybridized carbons (Fsp3) is 0.381. The van der Waals surface area contributed by atoms with Gasteiger partial charge in [0.1, 0.15) is 23.4 Å². The van der Waals surface area contributed by atoms with E-state index < -0.39 is 11.9 Å². The fourth-order valence-corrected chi connectivity index (χ4v) is 2.80. The molecule has 0 saturated heterocycles. The molecule has 0 saturated carbocycles. The van der Waals surface area contributed by atoms with E-state index in [-0.39, 0.29) is 18.2 Å². The summed E-state index contributed by atoms with van der Waals surface area (Å²) >= 11 is 0. The summed E-state index contributed by atoms with van der Waals surface area (Å²) in [5.74, 6) is 1.51. The first-order chi connectivity index (χ1) is 13.5. The van der Waals surface area contributed by atoms with Crippen LogP contribution in [0.4, 0.5) is 4.39 Å². The summed E-state index contributed by atoms with van der Waals surface area (Å²) in [6, 6.07) is 11.6. The van der Waals surface area contributed by atoms with Crippen molar-refractivity contribution in [3.63, 3.8) is 0 Å². The summed E-state index contributed by atoms with van der Waals surface area (Å²) < 4.78 is 24.6. The van der Waals surface area contributed by atoms with E-state index in [1.165, 1.54) is 6.07 Å². The Morgan fingerprint density at radius 3 is 2.54 bits per heavy atom. The minimum absolute atomic E-state index is 0.0260. The van der Waals surface area contributed by atoms with Gasteiger partial charge in [0.15, 0.2) is 5.96 Å². The lowest BCUT2D eigenvalue weighted by Crippen LogP contribution is -2.39. The van der Waals surface area contributed by atoms with Crippen molar-refractivity contribution in [2.75, 3.05) is 27.3 Å². The van der Waals surface area contributed by atoms with E-state index in [1.54, 1.807) is 32.4 Å². The Balaban J connectivity index is 2.15. The predicted molar refractivity (Wildman–Crippen MR) is 108 cm³/mol. The lowest BCUT2D eigenvalue weighted by molar-refractivity contribution is 0.182. The lowest BCUT2D eigenvalue weighted by Gasteiger charge is -2.21. The number of rotatable bonds is 8. The van der Waals surface area contributed by atoms with E-state index >= 15 is 0 Å². The summed E-state index contributed by atoms with van der Waals surface area (Å²) in [6.45, 7) is 4.58. The molecule has 28 heavy (non-hydrogen) atoms. The molecule has 0 radical (unpaired) electrons. The SMILES string of the molecule is CCNC(=NCC(O)c1ccccc1F)NC(C)c1cc(OC)ccc1OC. The lowest BCUT2D eigenvalue weighted by atomic mass is 10.1. The Bertz CT molecular complexity index is 798. The molecule has 2 rings (SSSR count). The van der Waals surface area contributed by atoms with E-state index in [9.17, 15) is 9.50 Å². The van der Waals surface area contributed by atoms with Gasteiger partial charge in [0.2, 0.25) is 0 Å². The number of benzene rings is 2. The van der Waals surface area contributed by atoms with Crippen LogP contribution in [0, 0.1) is 5.82 Å². The van der Waals surface area contributed by atoms with Gasteiger partial charge in [0.25, 0.3) is 0 Å². The molecule has 0 aliphatic carbocycles. The van der Waals surface area contributed by atoms with Gasteiger partial charge >= 0.3 is 0 Å². The topological polar surface area (TPSA) is 75.1 Å². The zero-order valence-corrected chi connectivity index (χ0v) is 16.7. The Hall–Kier alpha value is -2.80. The van der Waals surface area contributed by atoms with Gasteiger partial charge in [-0.05, 0) is 38.1 Å². The molecule has 152 valence electrons. The van der Waals surface area contributed by atoms with Crippen LogP contribution in [0.3, 0.4) is 0 Å². The van der Waals surface area contributed by atoms with Crippen molar-refractivity contribution in [3.8, 4) is 11.5 Å². The molecule has 0 aliphatic heterocycles. The van der Waals surface area contributed by atoms with Crippen LogP contribution in [0.15, 0.2) is 47.5 Å². The number of aliphatic hydroxyl groups excluding tert-OH is 1. The maximum atomic E-state index is 13.8. The van der Waals surface area contributed by atoms with Crippen LogP contribution in [-0.4, -0.2) is 38.4 Å². The number of ether oxygens (including phenoxy) is 2. The summed E-state index contributed by atoms with van der Waals surface area (Å²) in [7, 11) is 3.22. The first-order valence-electron chi connectivity index (χ1n) is 9.19. The molecule has 0 aliphatic rings. The minimum Gasteiger partial charge on any atom is -0.497 e. The first-order valence-corrected chi connectivity index (χ1v) is 9.19. The molecular formula is C21H28FN3O3. The van der Waals surface area contributed by atoms with Crippen LogP contribution in [0.1, 0.15) is 37.1 Å². The predicted octanol–water partition coefficient (Wildman–Crippen LogP) is 3.19. The highest BCUT2D eigenvalue weighted by molar-refractivity contribution is 5.80. The third-order valence-corrected chi connectivity index (χ3v) is 4.29. The van der Waals surface area contributed by atoms with E-state index in [1.807, 2.05) is 32.0 Å². The molecule has 2 aromatic carbocycles. The average Bonchev–Trinajstić information content (AvgIpc) is 2.71. The quantitative estimate of drug-likeness (QED) is 0.478. The van der Waals surface area contributed by atoms with Gasteiger partial charge in [-0.1, -0.05) is 18.2 Å². The Kier molecular flexibility index (Phi) is 8.07. The zero-order chi connectivity index (χ0) is 20.5. The molecule has 0 bridgehead atoms. The number of nitrogens with one attached hydrogen (secondary N) is 2. The van der Waals surface area contributed by atoms with Gasteiger partial charge in [0, 0.05) is 17.7 Å². The van der Waals surface area contributed by atoms with Crippen LogP contribution in [0.2, 0.25) is 0 Å². The number of aliphatic hydroxyl groups is 1. The van der Waals surface area contributed by atoms with Crippen LogP contribution in [-0.2, 0) is 0 Å². The van der Waals surface area contributed by atoms with Gasteiger partial charge in [-0.2, -0.15) is 0 Å². The maximum absolute atomic E-state index is 13.8. The molecule has 2 atom stereocenters. The normalized spacial score (nSPS) is 13.6. The Morgan fingerprint density at radius 2 is 1.89 bits per heavy atom. The van der Waals surface area contributed by atoms with E-state index in [4.69, 9.17) is 9.47 Å². The number of nitrogens with zero attached hydrogens (tertiary/aromatic N) is 1.